The van der Waals surface area contributed by atoms with Gasteiger partial charge < -0.3 is 38.0 Å². The van der Waals surface area contributed by atoms with Crippen LogP contribution in [-0.4, -0.2) is 58.6 Å². The Morgan fingerprint density at radius 3 is 2.19 bits per heavy atom. The number of amides is 2. The number of carboxylic acid groups (broad SMARTS) is 1. The Bertz CT molecular complexity index is 777. The first kappa shape index (κ1) is 25.7. The van der Waals surface area contributed by atoms with Crippen LogP contribution in [0, 0.1) is 5.92 Å². The van der Waals surface area contributed by atoms with Crippen molar-refractivity contribution < 1.29 is 24.6 Å². The zero-order valence-corrected chi connectivity index (χ0v) is 17.7. The number of aliphatic carboxylic acids is 1. The summed E-state index contributed by atoms with van der Waals surface area (Å²) in [6.07, 6.45) is 0.684. The number of aliphatic imine (C=N–C) groups is 1. The van der Waals surface area contributed by atoms with E-state index in [9.17, 15) is 24.6 Å². The number of phenols is 1. The molecule has 0 spiro atoms. The van der Waals surface area contributed by atoms with Gasteiger partial charge >= 0.3 is 5.97 Å². The van der Waals surface area contributed by atoms with Crippen molar-refractivity contribution in [2.75, 3.05) is 6.54 Å². The van der Waals surface area contributed by atoms with E-state index >= 15 is 0 Å². The number of nitrogens with one attached hydrogen (secondary N) is 2. The van der Waals surface area contributed by atoms with Gasteiger partial charge in [-0.3, -0.25) is 14.6 Å². The molecule has 2 amide bonds. The number of carbonyl (C=O) groups is 3. The molecule has 3 unspecified atom stereocenters. The maximum Gasteiger partial charge on any atom is 0.326 e. The van der Waals surface area contributed by atoms with Gasteiger partial charge in [0, 0.05) is 6.54 Å². The quantitative estimate of drug-likeness (QED) is 0.123. The van der Waals surface area contributed by atoms with Crippen LogP contribution in [0.4, 0.5) is 0 Å². The number of aromatic hydroxyl groups is 1. The van der Waals surface area contributed by atoms with Crippen LogP contribution in [0.1, 0.15) is 32.3 Å². The fourth-order valence-electron chi connectivity index (χ4n) is 2.80. The molecule has 10 N–H and O–H groups in total. The van der Waals surface area contributed by atoms with E-state index < -0.39 is 35.9 Å². The summed E-state index contributed by atoms with van der Waals surface area (Å²) in [5, 5.41) is 23.8. The summed E-state index contributed by atoms with van der Waals surface area (Å²) < 4.78 is 0. The number of hydrogen-bond donors (Lipinski definition) is 7. The number of hydrogen-bond acceptors (Lipinski definition) is 6. The van der Waals surface area contributed by atoms with Gasteiger partial charge in [-0.05, 0) is 42.9 Å². The molecular formula is C20H32N6O5. The van der Waals surface area contributed by atoms with Gasteiger partial charge in [0.25, 0.3) is 0 Å². The average molecular weight is 437 g/mol. The minimum absolute atomic E-state index is 0.0952. The third kappa shape index (κ3) is 9.34. The minimum atomic E-state index is -1.20. The van der Waals surface area contributed by atoms with Crippen molar-refractivity contribution in [1.82, 2.24) is 10.6 Å². The second-order valence-corrected chi connectivity index (χ2v) is 7.56. The molecule has 3 atom stereocenters. The number of benzene rings is 1. The van der Waals surface area contributed by atoms with Crippen molar-refractivity contribution in [3.8, 4) is 5.75 Å². The molecule has 0 bridgehead atoms. The molecule has 0 fully saturated rings. The van der Waals surface area contributed by atoms with Gasteiger partial charge in [0.15, 0.2) is 5.96 Å². The molecule has 31 heavy (non-hydrogen) atoms. The molecule has 0 aromatic heterocycles. The summed E-state index contributed by atoms with van der Waals surface area (Å²) >= 11 is 0. The third-order valence-electron chi connectivity index (χ3n) is 4.54. The van der Waals surface area contributed by atoms with Gasteiger partial charge in [0.1, 0.15) is 17.8 Å². The van der Waals surface area contributed by atoms with Crippen LogP contribution in [0.25, 0.3) is 0 Å². The predicted molar refractivity (Wildman–Crippen MR) is 116 cm³/mol. The monoisotopic (exact) mass is 436 g/mol. The Morgan fingerprint density at radius 2 is 1.68 bits per heavy atom. The van der Waals surface area contributed by atoms with Crippen molar-refractivity contribution in [3.63, 3.8) is 0 Å². The van der Waals surface area contributed by atoms with Gasteiger partial charge in [-0.1, -0.05) is 26.0 Å². The highest BCUT2D eigenvalue weighted by atomic mass is 16.4. The number of carbonyl (C=O) groups excluding carboxylic acids is 2. The van der Waals surface area contributed by atoms with E-state index in [2.05, 4.69) is 15.6 Å². The molecule has 1 aromatic rings. The molecule has 0 aliphatic rings. The van der Waals surface area contributed by atoms with E-state index in [0.29, 0.717) is 6.42 Å². The lowest BCUT2D eigenvalue weighted by Crippen LogP contribution is -2.56. The fourth-order valence-corrected chi connectivity index (χ4v) is 2.80. The van der Waals surface area contributed by atoms with Crippen molar-refractivity contribution in [2.24, 2.45) is 28.1 Å². The van der Waals surface area contributed by atoms with Gasteiger partial charge in [0.05, 0.1) is 6.04 Å². The molecule has 0 aliphatic heterocycles. The molecule has 0 aliphatic carbocycles. The Morgan fingerprint density at radius 1 is 1.06 bits per heavy atom. The molecule has 1 aromatic carbocycles. The predicted octanol–water partition coefficient (Wildman–Crippen LogP) is -0.974. The van der Waals surface area contributed by atoms with Crippen molar-refractivity contribution in [1.29, 1.82) is 0 Å². The first-order chi connectivity index (χ1) is 14.5. The molecule has 0 heterocycles. The van der Waals surface area contributed by atoms with E-state index in [1.165, 1.54) is 12.1 Å². The number of carboxylic acids is 1. The van der Waals surface area contributed by atoms with E-state index in [1.54, 1.807) is 26.0 Å². The topological polar surface area (TPSA) is 206 Å². The van der Waals surface area contributed by atoms with Crippen molar-refractivity contribution in [3.05, 3.63) is 29.8 Å². The second-order valence-electron chi connectivity index (χ2n) is 7.56. The maximum atomic E-state index is 12.7. The van der Waals surface area contributed by atoms with Crippen LogP contribution in [0.3, 0.4) is 0 Å². The largest absolute Gasteiger partial charge is 0.508 e. The summed E-state index contributed by atoms with van der Waals surface area (Å²) in [5.41, 5.74) is 17.2. The van der Waals surface area contributed by atoms with Crippen LogP contribution in [0.5, 0.6) is 5.75 Å². The lowest BCUT2D eigenvalue weighted by molar-refractivity contribution is -0.142. The molecule has 0 saturated carbocycles. The zero-order chi connectivity index (χ0) is 23.6. The SMILES string of the molecule is CC(C)C(NC(=O)C(N)Cc1ccc(O)cc1)C(=O)NC(CCCN=C(N)N)C(=O)O. The van der Waals surface area contributed by atoms with Gasteiger partial charge in [-0.25, -0.2) is 4.79 Å². The highest BCUT2D eigenvalue weighted by Gasteiger charge is 2.29. The maximum absolute atomic E-state index is 12.7. The molecule has 172 valence electrons. The second kappa shape index (κ2) is 12.4. The molecule has 11 nitrogen and oxygen atoms in total. The molecule has 1 rings (SSSR count). The van der Waals surface area contributed by atoms with Crippen molar-refractivity contribution >= 4 is 23.7 Å². The van der Waals surface area contributed by atoms with Gasteiger partial charge in [0.2, 0.25) is 11.8 Å². The Labute approximate surface area is 181 Å². The number of phenolic OH excluding ortho intramolecular Hbond substituents is 1. The number of nitrogens with zero attached hydrogens (tertiary/aromatic N) is 1. The summed E-state index contributed by atoms with van der Waals surface area (Å²) in [4.78, 5) is 40.4. The van der Waals surface area contributed by atoms with Gasteiger partial charge in [-0.2, -0.15) is 0 Å². The summed E-state index contributed by atoms with van der Waals surface area (Å²) in [6.45, 7) is 3.69. The van der Waals surface area contributed by atoms with Gasteiger partial charge in [-0.15, -0.1) is 0 Å². The first-order valence-electron chi connectivity index (χ1n) is 9.93. The van der Waals surface area contributed by atoms with Crippen LogP contribution in [0.15, 0.2) is 29.3 Å². The van der Waals surface area contributed by atoms with Crippen molar-refractivity contribution in [2.45, 2.75) is 51.2 Å². The van der Waals surface area contributed by atoms with Crippen LogP contribution in [-0.2, 0) is 20.8 Å². The molecule has 11 heteroatoms. The summed E-state index contributed by atoms with van der Waals surface area (Å²) in [5.74, 6) is -2.65. The third-order valence-corrected chi connectivity index (χ3v) is 4.54. The molecule has 0 saturated heterocycles. The standard InChI is InChI=1S/C20H32N6O5/c1-11(2)16(18(29)25-15(19(30)31)4-3-9-24-20(22)23)26-17(28)14(21)10-12-5-7-13(27)8-6-12/h5-8,11,14-16,27H,3-4,9-10,21H2,1-2H3,(H,25,29)(H,26,28)(H,30,31)(H4,22,23,24). The highest BCUT2D eigenvalue weighted by Crippen LogP contribution is 2.11. The lowest BCUT2D eigenvalue weighted by Gasteiger charge is -2.25. The highest BCUT2D eigenvalue weighted by molar-refractivity contribution is 5.92. The van der Waals surface area contributed by atoms with E-state index in [-0.39, 0.29) is 37.0 Å². The van der Waals surface area contributed by atoms with E-state index in [1.807, 2.05) is 0 Å². The van der Waals surface area contributed by atoms with E-state index in [4.69, 9.17) is 17.2 Å². The van der Waals surface area contributed by atoms with Crippen LogP contribution >= 0.6 is 0 Å². The number of nitrogens with two attached hydrogens (primary N) is 3. The summed E-state index contributed by atoms with van der Waals surface area (Å²) in [7, 11) is 0. The fraction of sp³-hybridized carbons (Fsp3) is 0.500. The van der Waals surface area contributed by atoms with Crippen LogP contribution < -0.4 is 27.8 Å². The Hall–Kier alpha value is -3.34. The van der Waals surface area contributed by atoms with E-state index in [0.717, 1.165) is 5.56 Å². The average Bonchev–Trinajstić information content (AvgIpc) is 2.69. The smallest absolute Gasteiger partial charge is 0.326 e. The minimum Gasteiger partial charge on any atom is -0.508 e. The number of rotatable bonds is 12. The Kier molecular flexibility index (Phi) is 10.3. The molecular weight excluding hydrogens is 404 g/mol. The molecule has 0 radical (unpaired) electrons. The Balaban J connectivity index is 2.71. The zero-order valence-electron chi connectivity index (χ0n) is 17.7. The number of guanidine groups is 1. The van der Waals surface area contributed by atoms with Crippen LogP contribution in [0.2, 0.25) is 0 Å². The first-order valence-corrected chi connectivity index (χ1v) is 9.93. The lowest BCUT2D eigenvalue weighted by atomic mass is 10.0. The summed E-state index contributed by atoms with van der Waals surface area (Å²) in [6, 6.07) is 3.24. The normalized spacial score (nSPS) is 13.7.